The number of nitrogen functional groups attached to an aromatic ring is 1. The van der Waals surface area contributed by atoms with Crippen molar-refractivity contribution in [2.24, 2.45) is 5.92 Å². The monoisotopic (exact) mass is 307 g/mol. The highest BCUT2D eigenvalue weighted by molar-refractivity contribution is 5.91. The Kier molecular flexibility index (Phi) is 3.74. The third-order valence-electron chi connectivity index (χ3n) is 4.58. The predicted octanol–water partition coefficient (Wildman–Crippen LogP) is 3.11. The van der Waals surface area contributed by atoms with E-state index in [2.05, 4.69) is 32.1 Å². The maximum absolute atomic E-state index is 5.97. The molecule has 2 aliphatic carbocycles. The normalized spacial score (nSPS) is 18.4. The number of pyridine rings is 1. The van der Waals surface area contributed by atoms with Crippen LogP contribution in [0.25, 0.3) is 10.9 Å². The van der Waals surface area contributed by atoms with Gasteiger partial charge in [-0.2, -0.15) is 0 Å². The van der Waals surface area contributed by atoms with E-state index in [0.29, 0.717) is 23.7 Å². The molecule has 2 heterocycles. The lowest BCUT2D eigenvalue weighted by Gasteiger charge is -2.22. The Bertz CT molecular complexity index is 779. The van der Waals surface area contributed by atoms with Crippen molar-refractivity contribution in [1.82, 2.24) is 15.0 Å². The Morgan fingerprint density at radius 3 is 2.65 bits per heavy atom. The molecule has 2 aromatic heterocycles. The third kappa shape index (κ3) is 3.21. The second kappa shape index (κ2) is 6.04. The van der Waals surface area contributed by atoms with Crippen molar-refractivity contribution in [2.75, 3.05) is 11.1 Å². The summed E-state index contributed by atoms with van der Waals surface area (Å²) in [6.07, 6.45) is 12.2. The number of anilines is 2. The minimum absolute atomic E-state index is 0.459. The van der Waals surface area contributed by atoms with Crippen LogP contribution in [0.4, 0.5) is 11.8 Å². The smallest absolute Gasteiger partial charge is 0.223 e. The van der Waals surface area contributed by atoms with Crippen molar-refractivity contribution in [3.05, 3.63) is 18.0 Å². The fourth-order valence-electron chi connectivity index (χ4n) is 3.04. The first kappa shape index (κ1) is 14.3. The van der Waals surface area contributed by atoms with Gasteiger partial charge < -0.3 is 11.1 Å². The lowest BCUT2D eigenvalue weighted by molar-refractivity contribution is 0.461. The van der Waals surface area contributed by atoms with E-state index in [4.69, 9.17) is 5.73 Å². The van der Waals surface area contributed by atoms with Crippen LogP contribution in [0.5, 0.6) is 0 Å². The van der Waals surface area contributed by atoms with Gasteiger partial charge in [-0.3, -0.25) is 0 Å². The fraction of sp³-hybridized carbons (Fsp3) is 0.500. The molecule has 0 saturated heterocycles. The van der Waals surface area contributed by atoms with Crippen LogP contribution in [0.3, 0.4) is 0 Å². The molecule has 2 aliphatic rings. The van der Waals surface area contributed by atoms with E-state index in [1.165, 1.54) is 44.9 Å². The highest BCUT2D eigenvalue weighted by Crippen LogP contribution is 2.28. The number of nitrogens with two attached hydrogens (primary N) is 1. The van der Waals surface area contributed by atoms with Crippen molar-refractivity contribution in [3.63, 3.8) is 0 Å². The van der Waals surface area contributed by atoms with Gasteiger partial charge in [0.15, 0.2) is 0 Å². The van der Waals surface area contributed by atoms with Crippen LogP contribution in [0.1, 0.15) is 50.5 Å². The van der Waals surface area contributed by atoms with Gasteiger partial charge in [-0.15, -0.1) is 0 Å². The minimum atomic E-state index is 0.459. The molecule has 118 valence electrons. The summed E-state index contributed by atoms with van der Waals surface area (Å²) in [7, 11) is 0. The number of hydrogen-bond acceptors (Lipinski definition) is 5. The molecule has 0 atom stereocenters. The number of nitrogens with one attached hydrogen (secondary N) is 1. The van der Waals surface area contributed by atoms with Gasteiger partial charge in [0.2, 0.25) is 5.95 Å². The Hall–Kier alpha value is -2.35. The van der Waals surface area contributed by atoms with E-state index >= 15 is 0 Å². The van der Waals surface area contributed by atoms with E-state index in [1.54, 1.807) is 12.4 Å². The molecule has 0 bridgehead atoms. The van der Waals surface area contributed by atoms with Gasteiger partial charge in [0.05, 0.1) is 16.5 Å². The SMILES string of the molecule is Nc1ncc(C#CC2CC2)c2nc(NC3CCCCC3)ncc12. The standard InChI is InChI=1S/C18H21N5/c19-17-15-11-21-18(22-14-4-2-1-3-5-14)23-16(15)13(10-20-17)9-8-12-6-7-12/h10-12,14H,1-7H2,(H2,19,20)(H,21,22,23). The van der Waals surface area contributed by atoms with Crippen LogP contribution >= 0.6 is 0 Å². The fourth-order valence-corrected chi connectivity index (χ4v) is 3.04. The first-order valence-electron chi connectivity index (χ1n) is 8.49. The third-order valence-corrected chi connectivity index (χ3v) is 4.58. The van der Waals surface area contributed by atoms with Crippen molar-refractivity contribution in [1.29, 1.82) is 0 Å². The molecule has 0 aliphatic heterocycles. The molecule has 3 N–H and O–H groups in total. The minimum Gasteiger partial charge on any atom is -0.383 e. The summed E-state index contributed by atoms with van der Waals surface area (Å²) in [6, 6.07) is 0.474. The van der Waals surface area contributed by atoms with Crippen LogP contribution in [-0.2, 0) is 0 Å². The Morgan fingerprint density at radius 1 is 1.04 bits per heavy atom. The zero-order valence-corrected chi connectivity index (χ0v) is 13.2. The van der Waals surface area contributed by atoms with Gasteiger partial charge in [0.1, 0.15) is 5.82 Å². The van der Waals surface area contributed by atoms with Gasteiger partial charge in [0, 0.05) is 24.4 Å². The largest absolute Gasteiger partial charge is 0.383 e. The molecule has 0 unspecified atom stereocenters. The molecule has 2 saturated carbocycles. The molecule has 4 rings (SSSR count). The summed E-state index contributed by atoms with van der Waals surface area (Å²) >= 11 is 0. The number of aromatic nitrogens is 3. The molecule has 5 heteroatoms. The Balaban J connectivity index is 1.67. The maximum Gasteiger partial charge on any atom is 0.223 e. The molecule has 5 nitrogen and oxygen atoms in total. The van der Waals surface area contributed by atoms with E-state index in [1.807, 2.05) is 0 Å². The summed E-state index contributed by atoms with van der Waals surface area (Å²) in [4.78, 5) is 13.3. The van der Waals surface area contributed by atoms with E-state index in [-0.39, 0.29) is 0 Å². The quantitative estimate of drug-likeness (QED) is 0.834. The van der Waals surface area contributed by atoms with Crippen LogP contribution in [0.2, 0.25) is 0 Å². The summed E-state index contributed by atoms with van der Waals surface area (Å²) < 4.78 is 0. The van der Waals surface area contributed by atoms with Crippen LogP contribution in [-0.4, -0.2) is 21.0 Å². The van der Waals surface area contributed by atoms with E-state index in [9.17, 15) is 0 Å². The van der Waals surface area contributed by atoms with Gasteiger partial charge in [-0.1, -0.05) is 31.1 Å². The zero-order valence-electron chi connectivity index (χ0n) is 13.2. The van der Waals surface area contributed by atoms with Gasteiger partial charge >= 0.3 is 0 Å². The average Bonchev–Trinajstić information content (AvgIpc) is 3.40. The van der Waals surface area contributed by atoms with Crippen LogP contribution < -0.4 is 11.1 Å². The lowest BCUT2D eigenvalue weighted by atomic mass is 9.96. The number of fused-ring (bicyclic) bond motifs is 1. The molecule has 0 amide bonds. The van der Waals surface area contributed by atoms with Crippen LogP contribution in [0.15, 0.2) is 12.4 Å². The first-order valence-corrected chi connectivity index (χ1v) is 8.49. The molecule has 0 radical (unpaired) electrons. The highest BCUT2D eigenvalue weighted by Gasteiger charge is 2.18. The molecule has 2 aromatic rings. The molecular formula is C18H21N5. The summed E-state index contributed by atoms with van der Waals surface area (Å²) in [5, 5.41) is 4.24. The number of nitrogens with zero attached hydrogens (tertiary/aromatic N) is 3. The highest BCUT2D eigenvalue weighted by atomic mass is 15.1. The summed E-state index contributed by atoms with van der Waals surface area (Å²) in [5.74, 6) is 8.17. The Labute approximate surface area is 136 Å². The van der Waals surface area contributed by atoms with Gasteiger partial charge in [0.25, 0.3) is 0 Å². The number of hydrogen-bond donors (Lipinski definition) is 2. The second-order valence-electron chi connectivity index (χ2n) is 6.54. The molecule has 0 aromatic carbocycles. The van der Waals surface area contributed by atoms with Gasteiger partial charge in [-0.05, 0) is 25.7 Å². The molecule has 0 spiro atoms. The molecule has 2 fully saturated rings. The predicted molar refractivity (Wildman–Crippen MR) is 91.8 cm³/mol. The molecule has 23 heavy (non-hydrogen) atoms. The van der Waals surface area contributed by atoms with Crippen LogP contribution in [0, 0.1) is 17.8 Å². The topological polar surface area (TPSA) is 76.7 Å². The summed E-state index contributed by atoms with van der Waals surface area (Å²) in [5.41, 5.74) is 7.62. The lowest BCUT2D eigenvalue weighted by Crippen LogP contribution is -2.23. The Morgan fingerprint density at radius 2 is 1.87 bits per heavy atom. The van der Waals surface area contributed by atoms with Crippen molar-refractivity contribution >= 4 is 22.7 Å². The zero-order chi connectivity index (χ0) is 15.6. The average molecular weight is 307 g/mol. The van der Waals surface area contributed by atoms with Crippen molar-refractivity contribution in [3.8, 4) is 11.8 Å². The number of rotatable bonds is 2. The summed E-state index contributed by atoms with van der Waals surface area (Å²) in [6.45, 7) is 0. The van der Waals surface area contributed by atoms with Crippen molar-refractivity contribution in [2.45, 2.75) is 51.0 Å². The van der Waals surface area contributed by atoms with E-state index in [0.717, 1.165) is 16.5 Å². The van der Waals surface area contributed by atoms with Crippen molar-refractivity contribution < 1.29 is 0 Å². The first-order chi connectivity index (χ1) is 11.3. The maximum atomic E-state index is 5.97. The van der Waals surface area contributed by atoms with Gasteiger partial charge in [-0.25, -0.2) is 15.0 Å². The van der Waals surface area contributed by atoms with E-state index < -0.39 is 0 Å². The molecular weight excluding hydrogens is 286 g/mol. The second-order valence-corrected chi connectivity index (χ2v) is 6.54.